The van der Waals surface area contributed by atoms with Crippen LogP contribution >= 0.6 is 7.82 Å². The van der Waals surface area contributed by atoms with E-state index in [9.17, 15) is 19.0 Å². The summed E-state index contributed by atoms with van der Waals surface area (Å²) >= 11 is 0. The molecule has 10 heteroatoms. The van der Waals surface area contributed by atoms with Crippen molar-refractivity contribution in [3.63, 3.8) is 0 Å². The summed E-state index contributed by atoms with van der Waals surface area (Å²) in [4.78, 5) is 35.4. The van der Waals surface area contributed by atoms with Gasteiger partial charge in [0.25, 0.3) is 0 Å². The van der Waals surface area contributed by atoms with Crippen molar-refractivity contribution >= 4 is 19.8 Å². The van der Waals surface area contributed by atoms with Gasteiger partial charge in [0.05, 0.1) is 13.2 Å². The standard InChI is InChI=1S/C87H130NO8P/c1-3-5-7-9-11-13-15-17-19-21-23-25-27-29-31-33-35-37-39-40-41-42-43-44-46-48-50-52-54-56-58-60-62-64-66-68-70-72-74-76-78-80-87(90)96-85(84-95-97(91,92)94-82-81-88)83-93-86(89)79-77-75-73-71-69-67-65-63-61-59-57-55-53-51-49-47-45-38-36-34-32-30-28-26-24-22-20-18-16-14-12-10-8-6-4-2/h5-8,11-14,17-20,23-26,29-32,35-38,40-41,43-44,47-50,53-56,59-62,65-68,85H,3-4,9-10,15-16,21-22,27-28,33-34,39,42,45-46,51-52,57-58,63-64,69-84,88H2,1-2H3,(H,91,92)/b7-5-,8-6-,13-11-,14-12-,19-17-,20-18-,25-23-,26-24-,31-29-,32-30-,37-35-,38-36-,41-40-,44-43-,49-47-,50-48-,55-53-,56-54-,61-59-,62-60-,67-65-,68-66-. The Bertz CT molecular complexity index is 2600. The fraction of sp³-hybridized carbons (Fsp3) is 0.471. The molecule has 2 unspecified atom stereocenters. The molecule has 9 nitrogen and oxygen atoms in total. The molecule has 2 atom stereocenters. The highest BCUT2D eigenvalue weighted by atomic mass is 31.2. The normalized spacial score (nSPS) is 14.5. The maximum atomic E-state index is 12.8. The maximum Gasteiger partial charge on any atom is 0.472 e. The summed E-state index contributed by atoms with van der Waals surface area (Å²) in [7, 11) is -4.43. The van der Waals surface area contributed by atoms with Crippen LogP contribution in [0.25, 0.3) is 0 Å². The number of allylic oxidation sites excluding steroid dienone is 44. The van der Waals surface area contributed by atoms with Crippen molar-refractivity contribution in [3.8, 4) is 0 Å². The molecular formula is C87H130NO8P. The summed E-state index contributed by atoms with van der Waals surface area (Å²) in [6.07, 6.45) is 128. The first-order valence-corrected chi connectivity index (χ1v) is 38.3. The monoisotopic (exact) mass is 1350 g/mol. The lowest BCUT2D eigenvalue weighted by molar-refractivity contribution is -0.161. The number of carbonyl (C=O) groups excluding carboxylic acids is 2. The number of hydrogen-bond acceptors (Lipinski definition) is 8. The van der Waals surface area contributed by atoms with Crippen molar-refractivity contribution in [2.45, 2.75) is 238 Å². The predicted molar refractivity (Wildman–Crippen MR) is 421 cm³/mol. The molecule has 0 bridgehead atoms. The van der Waals surface area contributed by atoms with Gasteiger partial charge in [0.1, 0.15) is 6.61 Å². The third-order valence-corrected chi connectivity index (χ3v) is 15.1. The third-order valence-electron chi connectivity index (χ3n) is 14.1. The highest BCUT2D eigenvalue weighted by Crippen LogP contribution is 2.43. The minimum atomic E-state index is -4.43. The summed E-state index contributed by atoms with van der Waals surface area (Å²) in [5.41, 5.74) is 5.40. The first-order valence-electron chi connectivity index (χ1n) is 36.8. The molecule has 0 aromatic heterocycles. The highest BCUT2D eigenvalue weighted by molar-refractivity contribution is 7.47. The molecule has 0 spiro atoms. The van der Waals surface area contributed by atoms with E-state index < -0.39 is 32.5 Å². The SMILES string of the molecule is CC/C=C\C/C=C\C/C=C\C/C=C\C/C=C\C/C=C\C/C=C\C/C=C\C/C=C\C/C=C\C/C=C\C/C=C\CCCCCCC(=O)OC(COC(=O)CCCCCC/C=C\C/C=C\C/C=C\C/C=C\C/C=C\C/C=C\C/C=C\C/C=C\C/C=C\C/C=C\CC)COP(=O)(O)OCCN. The molecule has 97 heavy (non-hydrogen) atoms. The van der Waals surface area contributed by atoms with E-state index in [1.54, 1.807) is 0 Å². The molecule has 3 N–H and O–H groups in total. The minimum Gasteiger partial charge on any atom is -0.462 e. The average molecular weight is 1350 g/mol. The Kier molecular flexibility index (Phi) is 72.9. The Morgan fingerprint density at radius 2 is 0.536 bits per heavy atom. The Hall–Kier alpha value is -6.71. The van der Waals surface area contributed by atoms with Gasteiger partial charge in [0, 0.05) is 19.4 Å². The van der Waals surface area contributed by atoms with Gasteiger partial charge in [0.2, 0.25) is 0 Å². The van der Waals surface area contributed by atoms with Crippen LogP contribution in [0.3, 0.4) is 0 Å². The van der Waals surface area contributed by atoms with Crippen LogP contribution in [0.1, 0.15) is 232 Å². The molecule has 0 fully saturated rings. The number of hydrogen-bond donors (Lipinski definition) is 2. The number of esters is 2. The van der Waals surface area contributed by atoms with E-state index in [0.29, 0.717) is 12.8 Å². The van der Waals surface area contributed by atoms with E-state index in [1.165, 1.54) is 0 Å². The first-order chi connectivity index (χ1) is 47.8. The smallest absolute Gasteiger partial charge is 0.462 e. The molecule has 0 aliphatic carbocycles. The van der Waals surface area contributed by atoms with Gasteiger partial charge in [-0.15, -0.1) is 0 Å². The van der Waals surface area contributed by atoms with Crippen LogP contribution in [-0.4, -0.2) is 49.3 Å². The molecule has 0 radical (unpaired) electrons. The molecule has 0 aliphatic heterocycles. The maximum absolute atomic E-state index is 12.8. The van der Waals surface area contributed by atoms with Crippen LogP contribution in [0.2, 0.25) is 0 Å². The molecule has 0 saturated carbocycles. The summed E-state index contributed by atoms with van der Waals surface area (Å²) < 4.78 is 33.1. The van der Waals surface area contributed by atoms with Crippen LogP contribution in [0.5, 0.6) is 0 Å². The zero-order chi connectivity index (χ0) is 70.0. The van der Waals surface area contributed by atoms with E-state index >= 15 is 0 Å². The van der Waals surface area contributed by atoms with Crippen LogP contribution in [0.15, 0.2) is 267 Å². The number of carbonyl (C=O) groups is 2. The van der Waals surface area contributed by atoms with Crippen molar-refractivity contribution in [3.05, 3.63) is 267 Å². The lowest BCUT2D eigenvalue weighted by Crippen LogP contribution is -2.29. The molecule has 0 amide bonds. The van der Waals surface area contributed by atoms with E-state index in [1.807, 2.05) is 0 Å². The number of ether oxygens (including phenoxy) is 2. The fourth-order valence-corrected chi connectivity index (χ4v) is 9.53. The van der Waals surface area contributed by atoms with E-state index in [4.69, 9.17) is 24.3 Å². The van der Waals surface area contributed by atoms with Crippen molar-refractivity contribution < 1.29 is 37.6 Å². The van der Waals surface area contributed by atoms with Crippen LogP contribution in [0.4, 0.5) is 0 Å². The van der Waals surface area contributed by atoms with Gasteiger partial charge in [0.15, 0.2) is 6.10 Å². The Balaban J connectivity index is 4.11. The summed E-state index contributed by atoms with van der Waals surface area (Å²) in [5, 5.41) is 0. The Morgan fingerprint density at radius 3 is 0.784 bits per heavy atom. The highest BCUT2D eigenvalue weighted by Gasteiger charge is 2.26. The largest absolute Gasteiger partial charge is 0.472 e. The summed E-state index contributed by atoms with van der Waals surface area (Å²) in [6, 6.07) is 0. The molecule has 536 valence electrons. The third kappa shape index (κ3) is 78.2. The number of phosphoric acid groups is 1. The first kappa shape index (κ1) is 90.3. The summed E-state index contributed by atoms with van der Waals surface area (Å²) in [5.74, 6) is -0.910. The molecule has 0 saturated heterocycles. The lowest BCUT2D eigenvalue weighted by Gasteiger charge is -2.19. The molecular weight excluding hydrogens is 1220 g/mol. The van der Waals surface area contributed by atoms with E-state index in [-0.39, 0.29) is 32.6 Å². The zero-order valence-corrected chi connectivity index (χ0v) is 61.1. The van der Waals surface area contributed by atoms with Crippen molar-refractivity contribution in [1.82, 2.24) is 0 Å². The van der Waals surface area contributed by atoms with Crippen molar-refractivity contribution in [1.29, 1.82) is 0 Å². The van der Waals surface area contributed by atoms with Crippen LogP contribution in [0, 0.1) is 0 Å². The predicted octanol–water partition coefficient (Wildman–Crippen LogP) is 25.1. The molecule has 0 rings (SSSR count). The number of rotatable bonds is 65. The topological polar surface area (TPSA) is 134 Å². The van der Waals surface area contributed by atoms with Crippen molar-refractivity contribution in [2.24, 2.45) is 5.73 Å². The second-order valence-corrected chi connectivity index (χ2v) is 24.4. The molecule has 0 aromatic rings. The zero-order valence-electron chi connectivity index (χ0n) is 60.2. The van der Waals surface area contributed by atoms with Crippen molar-refractivity contribution in [2.75, 3.05) is 26.4 Å². The number of phosphoric ester groups is 1. The lowest BCUT2D eigenvalue weighted by atomic mass is 10.1. The fourth-order valence-electron chi connectivity index (χ4n) is 8.76. The Labute approximate surface area is 591 Å². The molecule has 0 heterocycles. The van der Waals surface area contributed by atoms with E-state index in [0.717, 1.165) is 193 Å². The minimum absolute atomic E-state index is 0.0299. The summed E-state index contributed by atoms with van der Waals surface area (Å²) in [6.45, 7) is 3.41. The molecule has 0 aromatic carbocycles. The second kappa shape index (κ2) is 78.3. The van der Waals surface area contributed by atoms with Crippen LogP contribution < -0.4 is 5.73 Å². The van der Waals surface area contributed by atoms with Gasteiger partial charge < -0.3 is 20.1 Å². The number of unbranched alkanes of at least 4 members (excludes halogenated alkanes) is 8. The van der Waals surface area contributed by atoms with Gasteiger partial charge in [-0.25, -0.2) is 4.57 Å². The van der Waals surface area contributed by atoms with Gasteiger partial charge in [-0.05, 0) is 180 Å². The van der Waals surface area contributed by atoms with Crippen LogP contribution in [-0.2, 0) is 32.7 Å². The van der Waals surface area contributed by atoms with Gasteiger partial charge >= 0.3 is 19.8 Å². The average Bonchev–Trinajstić information content (AvgIpc) is 2.57. The Morgan fingerprint density at radius 1 is 0.309 bits per heavy atom. The van der Waals surface area contributed by atoms with Gasteiger partial charge in [-0.3, -0.25) is 18.6 Å². The second-order valence-electron chi connectivity index (χ2n) is 23.0. The number of nitrogens with two attached hydrogens (primary N) is 1. The van der Waals surface area contributed by atoms with Gasteiger partial charge in [-0.1, -0.05) is 307 Å². The van der Waals surface area contributed by atoms with E-state index in [2.05, 4.69) is 281 Å². The molecule has 0 aliphatic rings. The van der Waals surface area contributed by atoms with Gasteiger partial charge in [-0.2, -0.15) is 0 Å². The quantitative estimate of drug-likeness (QED) is 0.0264.